The van der Waals surface area contributed by atoms with Crippen LogP contribution >= 0.6 is 11.3 Å². The molecule has 0 radical (unpaired) electrons. The van der Waals surface area contributed by atoms with Gasteiger partial charge in [0.25, 0.3) is 0 Å². The highest BCUT2D eigenvalue weighted by Gasteiger charge is 2.19. The Balaban J connectivity index is 1.28. The molecule has 0 fully saturated rings. The van der Waals surface area contributed by atoms with Crippen LogP contribution in [0.3, 0.4) is 0 Å². The summed E-state index contributed by atoms with van der Waals surface area (Å²) in [6, 6.07) is 52.6. The standard InChI is InChI=1S/C41H24N4S/c42-25-26-11-8-15-29(23-26)41-43-37(27-12-2-1-3-13-27)40-38(44-41)34-20-10-19-31(39(34)46-40)28-14-9-16-30(24-28)45-35-21-6-4-17-32(35)33-18-5-7-22-36(33)45/h1-24H. The normalized spacial score (nSPS) is 11.5. The highest BCUT2D eigenvalue weighted by atomic mass is 32.1. The molecular weight excluding hydrogens is 581 g/mol. The third kappa shape index (κ3) is 4.12. The van der Waals surface area contributed by atoms with Crippen LogP contribution in [0, 0.1) is 11.3 Å². The lowest BCUT2D eigenvalue weighted by Gasteiger charge is -2.11. The van der Waals surface area contributed by atoms with Crippen molar-refractivity contribution >= 4 is 53.4 Å². The minimum Gasteiger partial charge on any atom is -0.309 e. The Morgan fingerprint density at radius 1 is 0.543 bits per heavy atom. The summed E-state index contributed by atoms with van der Waals surface area (Å²) in [4.78, 5) is 10.2. The number of fused-ring (bicyclic) bond motifs is 6. The van der Waals surface area contributed by atoms with Crippen LogP contribution in [0.5, 0.6) is 0 Å². The fourth-order valence-corrected chi connectivity index (χ4v) is 7.84. The zero-order valence-electron chi connectivity index (χ0n) is 24.6. The van der Waals surface area contributed by atoms with Crippen molar-refractivity contribution in [2.75, 3.05) is 0 Å². The molecule has 0 bridgehead atoms. The van der Waals surface area contributed by atoms with Gasteiger partial charge in [-0.2, -0.15) is 5.26 Å². The molecule has 0 saturated carbocycles. The van der Waals surface area contributed by atoms with E-state index >= 15 is 0 Å². The van der Waals surface area contributed by atoms with Crippen LogP contribution in [0.25, 0.3) is 81.6 Å². The lowest BCUT2D eigenvalue weighted by Crippen LogP contribution is -1.94. The number of nitrogens with zero attached hydrogens (tertiary/aromatic N) is 4. The molecule has 0 N–H and O–H groups in total. The summed E-state index contributed by atoms with van der Waals surface area (Å²) in [5.74, 6) is 0.613. The summed E-state index contributed by atoms with van der Waals surface area (Å²) in [5, 5.41) is 13.1. The van der Waals surface area contributed by atoms with Gasteiger partial charge in [0.15, 0.2) is 5.82 Å². The fraction of sp³-hybridized carbons (Fsp3) is 0. The first-order chi connectivity index (χ1) is 22.8. The molecule has 46 heavy (non-hydrogen) atoms. The molecule has 0 saturated heterocycles. The van der Waals surface area contributed by atoms with E-state index in [0.29, 0.717) is 11.4 Å². The van der Waals surface area contributed by atoms with Gasteiger partial charge in [-0.3, -0.25) is 0 Å². The summed E-state index contributed by atoms with van der Waals surface area (Å²) in [6.45, 7) is 0. The second-order valence-corrected chi connectivity index (χ2v) is 12.4. The van der Waals surface area contributed by atoms with E-state index in [9.17, 15) is 5.26 Å². The lowest BCUT2D eigenvalue weighted by molar-refractivity contribution is 1.18. The van der Waals surface area contributed by atoms with Gasteiger partial charge < -0.3 is 4.57 Å². The van der Waals surface area contributed by atoms with Crippen molar-refractivity contribution in [2.45, 2.75) is 0 Å². The number of aromatic nitrogens is 3. The maximum atomic E-state index is 9.55. The van der Waals surface area contributed by atoms with Crippen LogP contribution in [0.1, 0.15) is 5.56 Å². The van der Waals surface area contributed by atoms with Crippen molar-refractivity contribution in [1.29, 1.82) is 5.26 Å². The molecule has 6 aromatic carbocycles. The van der Waals surface area contributed by atoms with Gasteiger partial charge >= 0.3 is 0 Å². The van der Waals surface area contributed by atoms with Crippen molar-refractivity contribution in [1.82, 2.24) is 14.5 Å². The maximum Gasteiger partial charge on any atom is 0.160 e. The number of hydrogen-bond donors (Lipinski definition) is 0. The highest BCUT2D eigenvalue weighted by Crippen LogP contribution is 2.44. The van der Waals surface area contributed by atoms with E-state index in [1.807, 2.05) is 36.4 Å². The van der Waals surface area contributed by atoms with Crippen LogP contribution in [0.2, 0.25) is 0 Å². The molecule has 214 valence electrons. The molecule has 3 aromatic heterocycles. The van der Waals surface area contributed by atoms with E-state index in [1.165, 1.54) is 26.5 Å². The van der Waals surface area contributed by atoms with Crippen molar-refractivity contribution in [2.24, 2.45) is 0 Å². The molecular formula is C41H24N4S. The summed E-state index contributed by atoms with van der Waals surface area (Å²) in [6.07, 6.45) is 0. The van der Waals surface area contributed by atoms with Gasteiger partial charge in [0, 0.05) is 37.7 Å². The van der Waals surface area contributed by atoms with E-state index < -0.39 is 0 Å². The molecule has 0 aliphatic rings. The van der Waals surface area contributed by atoms with Crippen LogP contribution < -0.4 is 0 Å². The molecule has 3 heterocycles. The van der Waals surface area contributed by atoms with Crippen LogP contribution in [0.4, 0.5) is 0 Å². The van der Waals surface area contributed by atoms with Gasteiger partial charge in [0.05, 0.1) is 38.6 Å². The van der Waals surface area contributed by atoms with Gasteiger partial charge in [-0.15, -0.1) is 11.3 Å². The topological polar surface area (TPSA) is 54.5 Å². The van der Waals surface area contributed by atoms with Crippen molar-refractivity contribution in [3.8, 4) is 45.5 Å². The molecule has 5 heteroatoms. The lowest BCUT2D eigenvalue weighted by atomic mass is 10.0. The predicted octanol–water partition coefficient (Wildman–Crippen LogP) is 10.8. The molecule has 0 unspecified atom stereocenters. The Morgan fingerprint density at radius 2 is 1.20 bits per heavy atom. The number of thiophene rings is 1. The summed E-state index contributed by atoms with van der Waals surface area (Å²) in [5.41, 5.74) is 10.1. The second-order valence-electron chi connectivity index (χ2n) is 11.3. The van der Waals surface area contributed by atoms with Gasteiger partial charge in [0.1, 0.15) is 0 Å². The first-order valence-corrected chi connectivity index (χ1v) is 16.0. The van der Waals surface area contributed by atoms with Crippen LogP contribution in [-0.4, -0.2) is 14.5 Å². The molecule has 0 spiro atoms. The van der Waals surface area contributed by atoms with Crippen molar-refractivity contribution in [3.05, 3.63) is 151 Å². The summed E-state index contributed by atoms with van der Waals surface area (Å²) >= 11 is 1.74. The quantitative estimate of drug-likeness (QED) is 0.201. The van der Waals surface area contributed by atoms with E-state index in [2.05, 4.69) is 114 Å². The van der Waals surface area contributed by atoms with E-state index in [1.54, 1.807) is 17.4 Å². The monoisotopic (exact) mass is 604 g/mol. The number of nitriles is 1. The third-order valence-corrected chi connectivity index (χ3v) is 9.87. The first kappa shape index (κ1) is 26.3. The first-order valence-electron chi connectivity index (χ1n) is 15.1. The number of benzene rings is 6. The zero-order chi connectivity index (χ0) is 30.6. The number of para-hydroxylation sites is 2. The average molecular weight is 605 g/mol. The van der Waals surface area contributed by atoms with Crippen LogP contribution in [-0.2, 0) is 0 Å². The van der Waals surface area contributed by atoms with Gasteiger partial charge in [-0.25, -0.2) is 9.97 Å². The Morgan fingerprint density at radius 3 is 1.98 bits per heavy atom. The minimum absolute atomic E-state index is 0.586. The zero-order valence-corrected chi connectivity index (χ0v) is 25.4. The Hall–Kier alpha value is -6.09. The Bertz CT molecular complexity index is 2610. The Labute approximate surface area is 269 Å². The summed E-state index contributed by atoms with van der Waals surface area (Å²) in [7, 11) is 0. The van der Waals surface area contributed by atoms with E-state index in [-0.39, 0.29) is 0 Å². The molecule has 0 aliphatic carbocycles. The van der Waals surface area contributed by atoms with Gasteiger partial charge in [-0.1, -0.05) is 109 Å². The maximum absolute atomic E-state index is 9.55. The average Bonchev–Trinajstić information content (AvgIpc) is 3.68. The smallest absolute Gasteiger partial charge is 0.160 e. The minimum atomic E-state index is 0.586. The fourth-order valence-electron chi connectivity index (χ4n) is 6.55. The predicted molar refractivity (Wildman–Crippen MR) is 190 cm³/mol. The molecule has 9 rings (SSSR count). The van der Waals surface area contributed by atoms with E-state index in [4.69, 9.17) is 9.97 Å². The Kier molecular flexibility index (Phi) is 6.02. The third-order valence-electron chi connectivity index (χ3n) is 8.63. The molecule has 0 atom stereocenters. The number of hydrogen-bond acceptors (Lipinski definition) is 4. The molecule has 0 aliphatic heterocycles. The number of rotatable bonds is 4. The second kappa shape index (κ2) is 10.5. The van der Waals surface area contributed by atoms with Crippen molar-refractivity contribution in [3.63, 3.8) is 0 Å². The summed E-state index contributed by atoms with van der Waals surface area (Å²) < 4.78 is 4.58. The largest absolute Gasteiger partial charge is 0.309 e. The van der Waals surface area contributed by atoms with Crippen molar-refractivity contribution < 1.29 is 0 Å². The molecule has 0 amide bonds. The van der Waals surface area contributed by atoms with Crippen LogP contribution in [0.15, 0.2) is 146 Å². The van der Waals surface area contributed by atoms with Gasteiger partial charge in [0.2, 0.25) is 0 Å². The molecule has 9 aromatic rings. The van der Waals surface area contributed by atoms with Gasteiger partial charge in [-0.05, 0) is 47.5 Å². The highest BCUT2D eigenvalue weighted by molar-refractivity contribution is 7.26. The molecule has 4 nitrogen and oxygen atoms in total. The van der Waals surface area contributed by atoms with E-state index in [0.717, 1.165) is 49.2 Å². The SMILES string of the molecule is N#Cc1cccc(-c2nc(-c3ccccc3)c3sc4c(-c5cccc(-n6c7ccccc7c7ccccc76)c5)cccc4c3n2)c1.